The molecule has 3 aromatic rings. The number of carboxylic acids is 1. The third kappa shape index (κ3) is 2.84. The largest absolute Gasteiger partial charge is 0.497 e. The van der Waals surface area contributed by atoms with Gasteiger partial charge < -0.3 is 19.9 Å². The summed E-state index contributed by atoms with van der Waals surface area (Å²) in [4.78, 5) is 13.8. The first-order valence-corrected chi connectivity index (χ1v) is 6.72. The van der Waals surface area contributed by atoms with Crippen LogP contribution in [-0.4, -0.2) is 28.3 Å². The van der Waals surface area contributed by atoms with Gasteiger partial charge in [-0.2, -0.15) is 5.11 Å². The predicted octanol–water partition coefficient (Wildman–Crippen LogP) is 4.00. The highest BCUT2D eigenvalue weighted by Gasteiger charge is 2.11. The van der Waals surface area contributed by atoms with Gasteiger partial charge in [0.2, 0.25) is 5.88 Å². The van der Waals surface area contributed by atoms with E-state index in [1.165, 1.54) is 12.1 Å². The summed E-state index contributed by atoms with van der Waals surface area (Å²) in [5, 5.41) is 27.6. The maximum absolute atomic E-state index is 11.0. The number of carboxylic acid groups (broad SMARTS) is 1. The minimum Gasteiger partial charge on any atom is -0.497 e. The predicted molar refractivity (Wildman–Crippen MR) is 84.1 cm³/mol. The van der Waals surface area contributed by atoms with E-state index in [1.807, 2.05) is 0 Å². The summed E-state index contributed by atoms with van der Waals surface area (Å²) in [5.74, 6) is -0.533. The molecule has 2 aromatic carbocycles. The second-order valence-corrected chi connectivity index (χ2v) is 4.79. The van der Waals surface area contributed by atoms with Crippen LogP contribution in [0.3, 0.4) is 0 Å². The molecule has 1 aromatic heterocycles. The number of ether oxygens (including phenoxy) is 1. The Kier molecular flexibility index (Phi) is 3.68. The van der Waals surface area contributed by atoms with Crippen LogP contribution in [0.25, 0.3) is 10.9 Å². The normalized spacial score (nSPS) is 11.2. The summed E-state index contributed by atoms with van der Waals surface area (Å²) in [6, 6.07) is 11.3. The number of aromatic nitrogens is 1. The highest BCUT2D eigenvalue weighted by molar-refractivity contribution is 5.95. The van der Waals surface area contributed by atoms with Crippen LogP contribution >= 0.6 is 0 Å². The first kappa shape index (κ1) is 14.6. The van der Waals surface area contributed by atoms with E-state index in [-0.39, 0.29) is 17.1 Å². The van der Waals surface area contributed by atoms with E-state index in [1.54, 1.807) is 37.4 Å². The number of fused-ring (bicyclic) bond motifs is 1. The van der Waals surface area contributed by atoms with E-state index in [9.17, 15) is 9.90 Å². The van der Waals surface area contributed by atoms with Crippen molar-refractivity contribution in [2.45, 2.75) is 0 Å². The van der Waals surface area contributed by atoms with Gasteiger partial charge in [-0.05, 0) is 36.4 Å². The Bertz CT molecular complexity index is 915. The molecule has 0 spiro atoms. The lowest BCUT2D eigenvalue weighted by molar-refractivity contribution is 0.0697. The summed E-state index contributed by atoms with van der Waals surface area (Å²) in [7, 11) is 1.55. The zero-order chi connectivity index (χ0) is 16.4. The van der Waals surface area contributed by atoms with Crippen LogP contribution in [-0.2, 0) is 0 Å². The number of carbonyl (C=O) groups is 1. The molecule has 7 nitrogen and oxygen atoms in total. The molecule has 0 aliphatic carbocycles. The number of methoxy groups -OCH3 is 1. The molecule has 1 heterocycles. The summed E-state index contributed by atoms with van der Waals surface area (Å²) >= 11 is 0. The van der Waals surface area contributed by atoms with Crippen molar-refractivity contribution in [2.75, 3.05) is 7.11 Å². The van der Waals surface area contributed by atoms with Crippen LogP contribution in [0.1, 0.15) is 10.4 Å². The van der Waals surface area contributed by atoms with Crippen LogP contribution in [0.5, 0.6) is 11.6 Å². The summed E-state index contributed by atoms with van der Waals surface area (Å²) in [6.45, 7) is 0. The van der Waals surface area contributed by atoms with Crippen LogP contribution in [0.2, 0.25) is 0 Å². The number of hydrogen-bond acceptors (Lipinski definition) is 5. The lowest BCUT2D eigenvalue weighted by Crippen LogP contribution is -1.94. The van der Waals surface area contributed by atoms with Gasteiger partial charge in [-0.15, -0.1) is 5.11 Å². The summed E-state index contributed by atoms with van der Waals surface area (Å²) in [5.41, 5.74) is 1.45. The molecule has 0 fully saturated rings. The summed E-state index contributed by atoms with van der Waals surface area (Å²) < 4.78 is 5.16. The number of aromatic carboxylic acids is 1. The first-order valence-electron chi connectivity index (χ1n) is 6.72. The average molecular weight is 311 g/mol. The number of azo groups is 1. The van der Waals surface area contributed by atoms with E-state index in [2.05, 4.69) is 15.2 Å². The molecule has 0 bridgehead atoms. The SMILES string of the molecule is COc1ccc2[nH]c(O)c(N=Nc3cccc(C(=O)O)c3)c2c1. The average Bonchev–Trinajstić information content (AvgIpc) is 2.87. The monoisotopic (exact) mass is 311 g/mol. The molecule has 0 saturated carbocycles. The van der Waals surface area contributed by atoms with Crippen LogP contribution in [0.15, 0.2) is 52.7 Å². The molecule has 0 radical (unpaired) electrons. The molecular weight excluding hydrogens is 298 g/mol. The number of nitrogens with one attached hydrogen (secondary N) is 1. The van der Waals surface area contributed by atoms with Crippen molar-refractivity contribution < 1.29 is 19.7 Å². The van der Waals surface area contributed by atoms with E-state index in [0.717, 1.165) is 0 Å². The van der Waals surface area contributed by atoms with Gasteiger partial charge in [-0.3, -0.25) is 0 Å². The molecule has 3 N–H and O–H groups in total. The molecule has 0 unspecified atom stereocenters. The van der Waals surface area contributed by atoms with Gasteiger partial charge in [-0.25, -0.2) is 4.79 Å². The minimum absolute atomic E-state index is 0.117. The fraction of sp³-hybridized carbons (Fsp3) is 0.0625. The van der Waals surface area contributed by atoms with Gasteiger partial charge in [0, 0.05) is 5.39 Å². The number of aromatic amines is 1. The maximum Gasteiger partial charge on any atom is 0.335 e. The lowest BCUT2D eigenvalue weighted by Gasteiger charge is -1.99. The Balaban J connectivity index is 2.02. The van der Waals surface area contributed by atoms with Crippen molar-refractivity contribution in [3.8, 4) is 11.6 Å². The maximum atomic E-state index is 11.0. The Morgan fingerprint density at radius 3 is 2.74 bits per heavy atom. The van der Waals surface area contributed by atoms with E-state index < -0.39 is 5.97 Å². The highest BCUT2D eigenvalue weighted by Crippen LogP contribution is 2.38. The van der Waals surface area contributed by atoms with Gasteiger partial charge in [0.25, 0.3) is 0 Å². The Labute approximate surface area is 130 Å². The zero-order valence-electron chi connectivity index (χ0n) is 12.1. The Hall–Kier alpha value is -3.35. The lowest BCUT2D eigenvalue weighted by atomic mass is 10.2. The van der Waals surface area contributed by atoms with Crippen LogP contribution < -0.4 is 4.74 Å². The van der Waals surface area contributed by atoms with Gasteiger partial charge in [0.15, 0.2) is 5.69 Å². The Morgan fingerprint density at radius 2 is 2.00 bits per heavy atom. The van der Waals surface area contributed by atoms with Crippen LogP contribution in [0, 0.1) is 0 Å². The van der Waals surface area contributed by atoms with Crippen molar-refractivity contribution >= 4 is 28.2 Å². The summed E-state index contributed by atoms with van der Waals surface area (Å²) in [6.07, 6.45) is 0. The number of hydrogen-bond donors (Lipinski definition) is 3. The molecule has 0 saturated heterocycles. The molecule has 23 heavy (non-hydrogen) atoms. The fourth-order valence-electron chi connectivity index (χ4n) is 2.18. The molecule has 116 valence electrons. The number of rotatable bonds is 4. The van der Waals surface area contributed by atoms with Crippen LogP contribution in [0.4, 0.5) is 11.4 Å². The number of benzene rings is 2. The molecule has 0 aliphatic rings. The third-order valence-corrected chi connectivity index (χ3v) is 3.32. The number of aromatic hydroxyl groups is 1. The van der Waals surface area contributed by atoms with Gasteiger partial charge in [-0.1, -0.05) is 6.07 Å². The third-order valence-electron chi connectivity index (χ3n) is 3.32. The quantitative estimate of drug-likeness (QED) is 0.633. The van der Waals surface area contributed by atoms with Crippen molar-refractivity contribution in [1.82, 2.24) is 4.98 Å². The first-order chi connectivity index (χ1) is 11.1. The van der Waals surface area contributed by atoms with Gasteiger partial charge in [0.1, 0.15) is 5.75 Å². The second kappa shape index (κ2) is 5.80. The molecule has 0 aliphatic heterocycles. The standard InChI is InChI=1S/C16H13N3O4/c1-23-11-5-6-13-12(8-11)14(15(20)17-13)19-18-10-4-2-3-9(7-10)16(21)22/h2-8,17,20H,1H3,(H,21,22). The minimum atomic E-state index is -1.04. The zero-order valence-corrected chi connectivity index (χ0v) is 12.1. The molecule has 3 rings (SSSR count). The smallest absolute Gasteiger partial charge is 0.335 e. The molecular formula is C16H13N3O4. The van der Waals surface area contributed by atoms with Crippen molar-refractivity contribution in [1.29, 1.82) is 0 Å². The molecule has 7 heteroatoms. The van der Waals surface area contributed by atoms with Crippen molar-refractivity contribution in [2.24, 2.45) is 10.2 Å². The van der Waals surface area contributed by atoms with E-state index >= 15 is 0 Å². The number of H-pyrrole nitrogens is 1. The van der Waals surface area contributed by atoms with Gasteiger partial charge in [0.05, 0.1) is 23.9 Å². The van der Waals surface area contributed by atoms with Crippen molar-refractivity contribution in [3.63, 3.8) is 0 Å². The van der Waals surface area contributed by atoms with E-state index in [0.29, 0.717) is 22.3 Å². The highest BCUT2D eigenvalue weighted by atomic mass is 16.5. The van der Waals surface area contributed by atoms with Crippen molar-refractivity contribution in [3.05, 3.63) is 48.0 Å². The second-order valence-electron chi connectivity index (χ2n) is 4.79. The Morgan fingerprint density at radius 1 is 1.17 bits per heavy atom. The fourth-order valence-corrected chi connectivity index (χ4v) is 2.18. The molecule has 0 atom stereocenters. The van der Waals surface area contributed by atoms with Gasteiger partial charge >= 0.3 is 5.97 Å². The number of nitrogens with zero attached hydrogens (tertiary/aromatic N) is 2. The topological polar surface area (TPSA) is 107 Å². The van der Waals surface area contributed by atoms with E-state index in [4.69, 9.17) is 9.84 Å². The molecule has 0 amide bonds.